The van der Waals surface area contributed by atoms with E-state index in [1.165, 1.54) is 0 Å². The molecule has 1 fully saturated rings. The lowest BCUT2D eigenvalue weighted by molar-refractivity contribution is 0.0703. The monoisotopic (exact) mass is 366 g/mol. The Kier molecular flexibility index (Phi) is 4.62. The summed E-state index contributed by atoms with van der Waals surface area (Å²) in [6.07, 6.45) is 7.31. The molecule has 0 unspecified atom stereocenters. The van der Waals surface area contributed by atoms with Gasteiger partial charge in [-0.1, -0.05) is 0 Å². The number of nitrogens with zero attached hydrogens (tertiary/aromatic N) is 6. The van der Waals surface area contributed by atoms with E-state index in [0.29, 0.717) is 18.7 Å². The third-order valence-corrected chi connectivity index (χ3v) is 5.07. The highest BCUT2D eigenvalue weighted by Gasteiger charge is 2.28. The topological polar surface area (TPSA) is 89.1 Å². The highest BCUT2D eigenvalue weighted by molar-refractivity contribution is 5.94. The number of aromatic nitrogens is 5. The van der Waals surface area contributed by atoms with E-state index in [1.807, 2.05) is 27.3 Å². The second-order valence-corrected chi connectivity index (χ2v) is 6.91. The third kappa shape index (κ3) is 3.55. The van der Waals surface area contributed by atoms with Crippen molar-refractivity contribution in [2.75, 3.05) is 13.1 Å². The Morgan fingerprint density at radius 3 is 2.81 bits per heavy atom. The van der Waals surface area contributed by atoms with E-state index in [2.05, 4.69) is 15.2 Å². The van der Waals surface area contributed by atoms with Crippen LogP contribution in [0.2, 0.25) is 0 Å². The van der Waals surface area contributed by atoms with Gasteiger partial charge >= 0.3 is 0 Å². The molecular formula is C19H22N6O2. The van der Waals surface area contributed by atoms with Gasteiger partial charge in [-0.05, 0) is 37.1 Å². The fraction of sp³-hybridized carbons (Fsp3) is 0.368. The summed E-state index contributed by atoms with van der Waals surface area (Å²) in [6.45, 7) is 1.97. The van der Waals surface area contributed by atoms with E-state index in [4.69, 9.17) is 0 Å². The summed E-state index contributed by atoms with van der Waals surface area (Å²) in [6, 6.07) is 6.40. The Labute approximate surface area is 157 Å². The average Bonchev–Trinajstić information content (AvgIpc) is 3.33. The van der Waals surface area contributed by atoms with Gasteiger partial charge in [-0.3, -0.25) is 4.79 Å². The summed E-state index contributed by atoms with van der Waals surface area (Å²) in [4.78, 5) is 18.7. The zero-order valence-corrected chi connectivity index (χ0v) is 15.2. The van der Waals surface area contributed by atoms with Crippen molar-refractivity contribution in [3.05, 3.63) is 60.2 Å². The lowest BCUT2D eigenvalue weighted by Crippen LogP contribution is -2.39. The van der Waals surface area contributed by atoms with Gasteiger partial charge in [0.25, 0.3) is 5.91 Å². The largest absolute Gasteiger partial charge is 0.508 e. The third-order valence-electron chi connectivity index (χ3n) is 5.07. The summed E-state index contributed by atoms with van der Waals surface area (Å²) in [5.74, 6) is 2.08. The van der Waals surface area contributed by atoms with E-state index < -0.39 is 0 Å². The molecule has 1 saturated heterocycles. The van der Waals surface area contributed by atoms with Crippen LogP contribution >= 0.6 is 0 Å². The molecule has 0 bridgehead atoms. The van der Waals surface area contributed by atoms with Gasteiger partial charge in [0.1, 0.15) is 11.6 Å². The van der Waals surface area contributed by atoms with Gasteiger partial charge in [0.05, 0.1) is 12.9 Å². The Balaban J connectivity index is 1.49. The van der Waals surface area contributed by atoms with Gasteiger partial charge in [0.15, 0.2) is 5.82 Å². The Morgan fingerprint density at radius 1 is 1.26 bits per heavy atom. The van der Waals surface area contributed by atoms with E-state index in [-0.39, 0.29) is 17.6 Å². The SMILES string of the molecule is Cn1c(Cn2ccnc2)nnc1[C@H]1CCCN(C(=O)c2ccc(O)cc2)C1. The first-order chi connectivity index (χ1) is 13.1. The van der Waals surface area contributed by atoms with Crippen LogP contribution in [-0.2, 0) is 13.6 Å². The van der Waals surface area contributed by atoms with Crippen molar-refractivity contribution in [3.8, 4) is 5.75 Å². The molecule has 1 atom stereocenters. The van der Waals surface area contributed by atoms with Crippen molar-refractivity contribution in [3.63, 3.8) is 0 Å². The Hall–Kier alpha value is -3.16. The molecule has 1 aliphatic rings. The molecule has 1 aromatic carbocycles. The molecule has 0 aliphatic carbocycles. The minimum Gasteiger partial charge on any atom is -0.508 e. The predicted molar refractivity (Wildman–Crippen MR) is 98.3 cm³/mol. The van der Waals surface area contributed by atoms with E-state index >= 15 is 0 Å². The first-order valence-electron chi connectivity index (χ1n) is 9.04. The van der Waals surface area contributed by atoms with Gasteiger partial charge in [-0.2, -0.15) is 0 Å². The number of benzene rings is 1. The Morgan fingerprint density at radius 2 is 2.07 bits per heavy atom. The summed E-state index contributed by atoms with van der Waals surface area (Å²) >= 11 is 0. The summed E-state index contributed by atoms with van der Waals surface area (Å²) in [7, 11) is 1.97. The smallest absolute Gasteiger partial charge is 0.253 e. The molecular weight excluding hydrogens is 344 g/mol. The number of carbonyl (C=O) groups excluding carboxylic acids is 1. The lowest BCUT2D eigenvalue weighted by Gasteiger charge is -2.32. The van der Waals surface area contributed by atoms with Crippen LogP contribution in [0.1, 0.15) is 40.8 Å². The highest BCUT2D eigenvalue weighted by Crippen LogP contribution is 2.27. The molecule has 0 saturated carbocycles. The highest BCUT2D eigenvalue weighted by atomic mass is 16.3. The zero-order valence-electron chi connectivity index (χ0n) is 15.2. The molecule has 4 rings (SSSR count). The molecule has 0 radical (unpaired) electrons. The number of hydrogen-bond acceptors (Lipinski definition) is 5. The minimum absolute atomic E-state index is 0.0134. The molecule has 8 nitrogen and oxygen atoms in total. The molecule has 3 heterocycles. The van der Waals surface area contributed by atoms with Gasteiger partial charge in [-0.25, -0.2) is 4.98 Å². The zero-order chi connectivity index (χ0) is 18.8. The maximum Gasteiger partial charge on any atom is 0.253 e. The van der Waals surface area contributed by atoms with Gasteiger partial charge in [0, 0.05) is 44.0 Å². The fourth-order valence-electron chi connectivity index (χ4n) is 3.57. The van der Waals surface area contributed by atoms with Crippen LogP contribution in [0.5, 0.6) is 5.75 Å². The summed E-state index contributed by atoms with van der Waals surface area (Å²) in [5, 5.41) is 18.2. The number of rotatable bonds is 4. The van der Waals surface area contributed by atoms with Crippen molar-refractivity contribution in [1.29, 1.82) is 0 Å². The number of aromatic hydroxyl groups is 1. The lowest BCUT2D eigenvalue weighted by atomic mass is 9.96. The minimum atomic E-state index is -0.0134. The van der Waals surface area contributed by atoms with Crippen molar-refractivity contribution in [1.82, 2.24) is 29.2 Å². The van der Waals surface area contributed by atoms with Crippen LogP contribution in [0.25, 0.3) is 0 Å². The number of phenols is 1. The molecule has 8 heteroatoms. The molecule has 140 valence electrons. The number of hydrogen-bond donors (Lipinski definition) is 1. The molecule has 0 spiro atoms. The number of imidazole rings is 1. The molecule has 1 aliphatic heterocycles. The average molecular weight is 366 g/mol. The van der Waals surface area contributed by atoms with Gasteiger partial charge in [-0.15, -0.1) is 10.2 Å². The number of likely N-dealkylation sites (tertiary alicyclic amines) is 1. The maximum atomic E-state index is 12.8. The number of phenolic OH excluding ortho intramolecular Hbond substituents is 1. The number of piperidine rings is 1. The van der Waals surface area contributed by atoms with E-state index in [1.54, 1.807) is 36.8 Å². The molecule has 2 aromatic heterocycles. The predicted octanol–water partition coefficient (Wildman–Crippen LogP) is 1.79. The van der Waals surface area contributed by atoms with Gasteiger partial charge in [0.2, 0.25) is 0 Å². The van der Waals surface area contributed by atoms with E-state index in [9.17, 15) is 9.90 Å². The molecule has 1 amide bonds. The molecule has 1 N–H and O–H groups in total. The molecule has 27 heavy (non-hydrogen) atoms. The van der Waals surface area contributed by atoms with Crippen LogP contribution < -0.4 is 0 Å². The Bertz CT molecular complexity index is 916. The van der Waals surface area contributed by atoms with Crippen molar-refractivity contribution < 1.29 is 9.90 Å². The van der Waals surface area contributed by atoms with Crippen LogP contribution in [0.3, 0.4) is 0 Å². The second-order valence-electron chi connectivity index (χ2n) is 6.91. The normalized spacial score (nSPS) is 17.2. The standard InChI is InChI=1S/C19H22N6O2/c1-23-17(12-24-10-8-20-13-24)21-22-18(23)15-3-2-9-25(11-15)19(27)14-4-6-16(26)7-5-14/h4-8,10,13,15,26H,2-3,9,11-12H2,1H3/t15-/m0/s1. The first-order valence-corrected chi connectivity index (χ1v) is 9.04. The second kappa shape index (κ2) is 7.22. The number of carbonyl (C=O) groups is 1. The van der Waals surface area contributed by atoms with Crippen molar-refractivity contribution >= 4 is 5.91 Å². The van der Waals surface area contributed by atoms with Gasteiger partial charge < -0.3 is 19.1 Å². The summed E-state index contributed by atoms with van der Waals surface area (Å²) < 4.78 is 3.98. The van der Waals surface area contributed by atoms with Crippen molar-refractivity contribution in [2.24, 2.45) is 7.05 Å². The van der Waals surface area contributed by atoms with E-state index in [0.717, 1.165) is 31.0 Å². The van der Waals surface area contributed by atoms with Crippen molar-refractivity contribution in [2.45, 2.75) is 25.3 Å². The quantitative estimate of drug-likeness (QED) is 0.760. The molecule has 3 aromatic rings. The van der Waals surface area contributed by atoms with Crippen LogP contribution in [0.4, 0.5) is 0 Å². The number of amides is 1. The summed E-state index contributed by atoms with van der Waals surface area (Å²) in [5.41, 5.74) is 0.590. The van der Waals surface area contributed by atoms with Crippen LogP contribution in [0.15, 0.2) is 43.0 Å². The fourth-order valence-corrected chi connectivity index (χ4v) is 3.57. The van der Waals surface area contributed by atoms with Crippen LogP contribution in [0, 0.1) is 0 Å². The van der Waals surface area contributed by atoms with Crippen LogP contribution in [-0.4, -0.2) is 53.3 Å². The maximum absolute atomic E-state index is 12.8. The first kappa shape index (κ1) is 17.3.